The zero-order valence-corrected chi connectivity index (χ0v) is 17.9. The van der Waals surface area contributed by atoms with Crippen LogP contribution in [0.1, 0.15) is 98.7 Å². The molecule has 0 N–H and O–H groups in total. The van der Waals surface area contributed by atoms with E-state index in [2.05, 4.69) is 63.5 Å². The lowest BCUT2D eigenvalue weighted by Crippen LogP contribution is -2.32. The lowest BCUT2D eigenvalue weighted by atomic mass is 9.88. The number of aromatic nitrogens is 2. The van der Waals surface area contributed by atoms with Gasteiger partial charge in [0, 0.05) is 19.0 Å². The summed E-state index contributed by atoms with van der Waals surface area (Å²) in [5, 5.41) is 4.18. The second-order valence-electron chi connectivity index (χ2n) is 8.40. The van der Waals surface area contributed by atoms with Gasteiger partial charge in [0.2, 0.25) is 0 Å². The van der Waals surface area contributed by atoms with E-state index in [0.717, 1.165) is 32.2 Å². The molecule has 1 rings (SSSR count). The first-order valence-corrected chi connectivity index (χ1v) is 10.4. The van der Waals surface area contributed by atoms with E-state index in [-0.39, 0.29) is 23.7 Å². The van der Waals surface area contributed by atoms with Gasteiger partial charge in [-0.05, 0) is 44.9 Å². The normalized spacial score (nSPS) is 13.0. The predicted octanol–water partition coefficient (Wildman–Crippen LogP) is 5.61. The molecule has 0 saturated carbocycles. The molecule has 0 radical (unpaired) electrons. The molecule has 0 bridgehead atoms. The Bertz CT molecular complexity index is 523. The fourth-order valence-corrected chi connectivity index (χ4v) is 3.23. The minimum Gasteiger partial charge on any atom is -0.322 e. The monoisotopic (exact) mass is 365 g/mol. The molecule has 0 aliphatic rings. The molecule has 0 aliphatic carbocycles. The van der Waals surface area contributed by atoms with Crippen LogP contribution in [-0.4, -0.2) is 28.5 Å². The van der Waals surface area contributed by atoms with E-state index in [1.54, 1.807) is 0 Å². The number of rotatable bonds is 13. The van der Waals surface area contributed by atoms with Gasteiger partial charge in [-0.2, -0.15) is 4.98 Å². The summed E-state index contributed by atoms with van der Waals surface area (Å²) in [5.74, 6) is 1.37. The van der Waals surface area contributed by atoms with Crippen molar-refractivity contribution in [3.05, 3.63) is 5.82 Å². The highest BCUT2D eigenvalue weighted by Gasteiger charge is 2.29. The van der Waals surface area contributed by atoms with E-state index in [0.29, 0.717) is 24.2 Å². The van der Waals surface area contributed by atoms with Crippen LogP contribution in [0, 0.1) is 11.8 Å². The van der Waals surface area contributed by atoms with Gasteiger partial charge in [0.25, 0.3) is 0 Å². The average Bonchev–Trinajstić information content (AvgIpc) is 3.00. The molecule has 1 atom stereocenters. The standard InChI is InChI=1S/C21H39N3O2/c1-8-9-10-13-18(25)19(16(4)5)20-22-21(26-23-20)24(17(6)7)14-11-12-15(2)3/h15-17,19H,8-14H2,1-7H3. The van der Waals surface area contributed by atoms with Gasteiger partial charge in [-0.25, -0.2) is 0 Å². The van der Waals surface area contributed by atoms with Crippen molar-refractivity contribution in [1.82, 2.24) is 10.1 Å². The zero-order valence-electron chi connectivity index (χ0n) is 17.9. The lowest BCUT2D eigenvalue weighted by Gasteiger charge is -2.24. The van der Waals surface area contributed by atoms with Crippen LogP contribution in [0.2, 0.25) is 0 Å². The predicted molar refractivity (Wildman–Crippen MR) is 108 cm³/mol. The third kappa shape index (κ3) is 7.08. The molecule has 0 amide bonds. The Morgan fingerprint density at radius 2 is 1.77 bits per heavy atom. The van der Waals surface area contributed by atoms with Crippen LogP contribution in [0.25, 0.3) is 0 Å². The Kier molecular flexibility index (Phi) is 9.89. The molecule has 5 heteroatoms. The molecule has 1 heterocycles. The van der Waals surface area contributed by atoms with Crippen LogP contribution < -0.4 is 4.90 Å². The minimum atomic E-state index is -0.269. The highest BCUT2D eigenvalue weighted by Crippen LogP contribution is 2.27. The number of Topliss-reactive ketones (excluding diaryl/α,β-unsaturated/α-hetero) is 1. The number of anilines is 1. The molecule has 1 aromatic rings. The molecule has 0 aliphatic heterocycles. The van der Waals surface area contributed by atoms with Crippen molar-refractivity contribution >= 4 is 11.8 Å². The van der Waals surface area contributed by atoms with E-state index in [1.807, 2.05) is 0 Å². The molecule has 150 valence electrons. The number of ketones is 1. The summed E-state index contributed by atoms with van der Waals surface area (Å²) < 4.78 is 5.57. The maximum atomic E-state index is 12.7. The van der Waals surface area contributed by atoms with Gasteiger partial charge in [0.15, 0.2) is 5.82 Å². The Morgan fingerprint density at radius 1 is 1.08 bits per heavy atom. The average molecular weight is 366 g/mol. The molecule has 0 fully saturated rings. The maximum Gasteiger partial charge on any atom is 0.324 e. The summed E-state index contributed by atoms with van der Waals surface area (Å²) >= 11 is 0. The summed E-state index contributed by atoms with van der Waals surface area (Å²) in [6.07, 6.45) is 6.02. The van der Waals surface area contributed by atoms with Crippen LogP contribution in [-0.2, 0) is 4.79 Å². The summed E-state index contributed by atoms with van der Waals surface area (Å²) in [6, 6.07) is 0.832. The molecular weight excluding hydrogens is 326 g/mol. The molecule has 0 aromatic carbocycles. The fourth-order valence-electron chi connectivity index (χ4n) is 3.23. The summed E-state index contributed by atoms with van der Waals surface area (Å²) in [5.41, 5.74) is 0. The Labute approximate surface area is 159 Å². The van der Waals surface area contributed by atoms with Crippen molar-refractivity contribution in [3.8, 4) is 0 Å². The van der Waals surface area contributed by atoms with Crippen molar-refractivity contribution in [2.75, 3.05) is 11.4 Å². The Balaban J connectivity index is 2.86. The van der Waals surface area contributed by atoms with Gasteiger partial charge < -0.3 is 9.42 Å². The third-order valence-electron chi connectivity index (χ3n) is 4.80. The van der Waals surface area contributed by atoms with Crippen molar-refractivity contribution in [2.24, 2.45) is 11.8 Å². The van der Waals surface area contributed by atoms with Crippen molar-refractivity contribution in [2.45, 2.75) is 99.0 Å². The second kappa shape index (κ2) is 11.3. The third-order valence-corrected chi connectivity index (χ3v) is 4.80. The molecule has 1 unspecified atom stereocenters. The molecule has 26 heavy (non-hydrogen) atoms. The smallest absolute Gasteiger partial charge is 0.322 e. The van der Waals surface area contributed by atoms with Gasteiger partial charge in [-0.3, -0.25) is 4.79 Å². The fraction of sp³-hybridized carbons (Fsp3) is 0.857. The number of unbranched alkanes of at least 4 members (excludes halogenated alkanes) is 2. The van der Waals surface area contributed by atoms with Gasteiger partial charge in [-0.1, -0.05) is 52.6 Å². The number of nitrogens with zero attached hydrogens (tertiary/aromatic N) is 3. The number of hydrogen-bond acceptors (Lipinski definition) is 5. The quantitative estimate of drug-likeness (QED) is 0.425. The lowest BCUT2D eigenvalue weighted by molar-refractivity contribution is -0.121. The zero-order chi connectivity index (χ0) is 19.7. The highest BCUT2D eigenvalue weighted by atomic mass is 16.5. The topological polar surface area (TPSA) is 59.2 Å². The van der Waals surface area contributed by atoms with E-state index >= 15 is 0 Å². The molecule has 0 saturated heterocycles. The van der Waals surface area contributed by atoms with Crippen LogP contribution in [0.5, 0.6) is 0 Å². The van der Waals surface area contributed by atoms with Crippen molar-refractivity contribution in [1.29, 1.82) is 0 Å². The van der Waals surface area contributed by atoms with E-state index in [4.69, 9.17) is 4.52 Å². The summed E-state index contributed by atoms with van der Waals surface area (Å²) in [6.45, 7) is 15.9. The Hall–Kier alpha value is -1.39. The van der Waals surface area contributed by atoms with Gasteiger partial charge >= 0.3 is 6.01 Å². The van der Waals surface area contributed by atoms with E-state index in [1.165, 1.54) is 6.42 Å². The minimum absolute atomic E-state index is 0.169. The molecular formula is C21H39N3O2. The maximum absolute atomic E-state index is 12.7. The van der Waals surface area contributed by atoms with Crippen LogP contribution in [0.3, 0.4) is 0 Å². The SMILES string of the molecule is CCCCCC(=O)C(c1noc(N(CCCC(C)C)C(C)C)n1)C(C)C. The number of hydrogen-bond donors (Lipinski definition) is 0. The largest absolute Gasteiger partial charge is 0.324 e. The summed E-state index contributed by atoms with van der Waals surface area (Å²) in [4.78, 5) is 19.5. The van der Waals surface area contributed by atoms with Gasteiger partial charge in [-0.15, -0.1) is 0 Å². The van der Waals surface area contributed by atoms with E-state index < -0.39 is 0 Å². The second-order valence-corrected chi connectivity index (χ2v) is 8.40. The van der Waals surface area contributed by atoms with Crippen molar-refractivity contribution in [3.63, 3.8) is 0 Å². The first kappa shape index (κ1) is 22.7. The molecule has 1 aromatic heterocycles. The first-order chi connectivity index (χ1) is 12.3. The van der Waals surface area contributed by atoms with Crippen LogP contribution in [0.15, 0.2) is 4.52 Å². The van der Waals surface area contributed by atoms with Crippen LogP contribution in [0.4, 0.5) is 6.01 Å². The summed E-state index contributed by atoms with van der Waals surface area (Å²) in [7, 11) is 0. The molecule has 0 spiro atoms. The number of carbonyl (C=O) groups excluding carboxylic acids is 1. The molecule has 5 nitrogen and oxygen atoms in total. The first-order valence-electron chi connectivity index (χ1n) is 10.4. The number of carbonyl (C=O) groups is 1. The van der Waals surface area contributed by atoms with Crippen molar-refractivity contribution < 1.29 is 9.32 Å². The van der Waals surface area contributed by atoms with Crippen LogP contribution >= 0.6 is 0 Å². The Morgan fingerprint density at radius 3 is 2.31 bits per heavy atom. The van der Waals surface area contributed by atoms with E-state index in [9.17, 15) is 4.79 Å². The highest BCUT2D eigenvalue weighted by molar-refractivity contribution is 5.85. The van der Waals surface area contributed by atoms with Gasteiger partial charge in [0.05, 0.1) is 5.92 Å². The van der Waals surface area contributed by atoms with Gasteiger partial charge in [0.1, 0.15) is 5.78 Å².